The van der Waals surface area contributed by atoms with E-state index in [0.717, 1.165) is 6.42 Å². The number of hydrogen-bond donors (Lipinski definition) is 0. The van der Waals surface area contributed by atoms with E-state index in [-0.39, 0.29) is 0 Å². The quantitative estimate of drug-likeness (QED) is 0.766. The van der Waals surface area contributed by atoms with Crippen molar-refractivity contribution < 1.29 is 4.79 Å². The minimum Gasteiger partial charge on any atom is -0.299 e. The van der Waals surface area contributed by atoms with Crippen LogP contribution in [0.25, 0.3) is 0 Å². The minimum absolute atomic E-state index is 0.421. The van der Waals surface area contributed by atoms with Gasteiger partial charge in [-0.25, -0.2) is 0 Å². The first-order valence-electron chi connectivity index (χ1n) is 6.64. The van der Waals surface area contributed by atoms with E-state index < -0.39 is 0 Å². The van der Waals surface area contributed by atoms with Gasteiger partial charge in [-0.2, -0.15) is 0 Å². The van der Waals surface area contributed by atoms with Crippen molar-refractivity contribution in [2.45, 2.75) is 52.9 Å². The number of aryl methyl sites for hydroxylation is 3. The van der Waals surface area contributed by atoms with Crippen LogP contribution in [-0.4, -0.2) is 5.78 Å². The lowest BCUT2D eigenvalue weighted by Gasteiger charge is -2.24. The lowest BCUT2D eigenvalue weighted by Crippen LogP contribution is -2.17. The molecule has 1 nitrogen and oxygen atoms in total. The highest BCUT2D eigenvalue weighted by atomic mass is 16.1. The molecule has 1 aromatic rings. The van der Waals surface area contributed by atoms with Gasteiger partial charge < -0.3 is 0 Å². The van der Waals surface area contributed by atoms with E-state index in [9.17, 15) is 4.79 Å². The van der Waals surface area contributed by atoms with Crippen LogP contribution < -0.4 is 0 Å². The van der Waals surface area contributed by atoms with Crippen LogP contribution in [0.5, 0.6) is 0 Å². The molecule has 0 N–H and O–H groups in total. The molecular formula is C16H22O. The molecule has 92 valence electrons. The Morgan fingerprint density at radius 1 is 1.18 bits per heavy atom. The summed E-state index contributed by atoms with van der Waals surface area (Å²) in [6.45, 7) is 6.35. The zero-order valence-corrected chi connectivity index (χ0v) is 11.2. The SMILES string of the molecule is Cc1cc(C)c(CC(=O)CC2CCC2)c(C)c1. The predicted molar refractivity (Wildman–Crippen MR) is 71.3 cm³/mol. The Balaban J connectivity index is 2.04. The molecule has 0 atom stereocenters. The molecule has 0 amide bonds. The van der Waals surface area contributed by atoms with Gasteiger partial charge in [-0.15, -0.1) is 0 Å². The summed E-state index contributed by atoms with van der Waals surface area (Å²) in [6.07, 6.45) is 5.27. The predicted octanol–water partition coefficient (Wildman–Crippen LogP) is 3.91. The molecule has 0 bridgehead atoms. The topological polar surface area (TPSA) is 17.1 Å². The largest absolute Gasteiger partial charge is 0.299 e. The fourth-order valence-electron chi connectivity index (χ4n) is 2.78. The first-order chi connectivity index (χ1) is 8.06. The third kappa shape index (κ3) is 2.96. The molecule has 1 aromatic carbocycles. The number of benzene rings is 1. The first-order valence-corrected chi connectivity index (χ1v) is 6.64. The number of ketones is 1. The third-order valence-corrected chi connectivity index (χ3v) is 3.96. The summed E-state index contributed by atoms with van der Waals surface area (Å²) in [6, 6.07) is 4.36. The molecule has 0 aromatic heterocycles. The van der Waals surface area contributed by atoms with E-state index in [1.165, 1.54) is 41.5 Å². The molecule has 0 saturated heterocycles. The Bertz CT molecular complexity index is 404. The fourth-order valence-corrected chi connectivity index (χ4v) is 2.78. The van der Waals surface area contributed by atoms with Gasteiger partial charge in [0.2, 0.25) is 0 Å². The van der Waals surface area contributed by atoms with Crippen molar-refractivity contribution >= 4 is 5.78 Å². The maximum absolute atomic E-state index is 12.0. The summed E-state index contributed by atoms with van der Waals surface area (Å²) < 4.78 is 0. The zero-order valence-electron chi connectivity index (χ0n) is 11.2. The minimum atomic E-state index is 0.421. The van der Waals surface area contributed by atoms with Crippen LogP contribution in [0.15, 0.2) is 12.1 Å². The van der Waals surface area contributed by atoms with Crippen LogP contribution in [0, 0.1) is 26.7 Å². The molecule has 0 unspecified atom stereocenters. The van der Waals surface area contributed by atoms with Gasteiger partial charge >= 0.3 is 0 Å². The number of carbonyl (C=O) groups is 1. The van der Waals surface area contributed by atoms with E-state index in [4.69, 9.17) is 0 Å². The molecule has 1 aliphatic rings. The molecule has 17 heavy (non-hydrogen) atoms. The van der Waals surface area contributed by atoms with Gasteiger partial charge in [-0.3, -0.25) is 4.79 Å². The molecule has 0 radical (unpaired) electrons. The Hall–Kier alpha value is -1.11. The molecule has 0 heterocycles. The second-order valence-corrected chi connectivity index (χ2v) is 5.59. The van der Waals surface area contributed by atoms with Crippen molar-refractivity contribution in [3.05, 3.63) is 34.4 Å². The van der Waals surface area contributed by atoms with Crippen LogP contribution in [0.1, 0.15) is 47.9 Å². The van der Waals surface area contributed by atoms with Crippen molar-refractivity contribution in [1.82, 2.24) is 0 Å². The van der Waals surface area contributed by atoms with Gasteiger partial charge in [-0.05, 0) is 43.4 Å². The molecule has 1 heteroatoms. The summed E-state index contributed by atoms with van der Waals surface area (Å²) in [5.74, 6) is 1.11. The van der Waals surface area contributed by atoms with E-state index in [2.05, 4.69) is 32.9 Å². The molecule has 1 saturated carbocycles. The van der Waals surface area contributed by atoms with Crippen LogP contribution in [0.3, 0.4) is 0 Å². The normalized spacial score (nSPS) is 15.7. The summed E-state index contributed by atoms with van der Waals surface area (Å²) in [7, 11) is 0. The highest BCUT2D eigenvalue weighted by Crippen LogP contribution is 2.30. The summed E-state index contributed by atoms with van der Waals surface area (Å²) in [5, 5.41) is 0. The maximum atomic E-state index is 12.0. The van der Waals surface area contributed by atoms with Crippen LogP contribution in [0.4, 0.5) is 0 Å². The maximum Gasteiger partial charge on any atom is 0.137 e. The summed E-state index contributed by atoms with van der Waals surface area (Å²) >= 11 is 0. The Kier molecular flexibility index (Phi) is 3.66. The van der Waals surface area contributed by atoms with Gasteiger partial charge in [0, 0.05) is 12.8 Å². The van der Waals surface area contributed by atoms with Crippen molar-refractivity contribution in [2.24, 2.45) is 5.92 Å². The molecule has 2 rings (SSSR count). The van der Waals surface area contributed by atoms with Gasteiger partial charge in [0.25, 0.3) is 0 Å². The van der Waals surface area contributed by atoms with Gasteiger partial charge in [0.15, 0.2) is 0 Å². The Morgan fingerprint density at radius 2 is 1.76 bits per heavy atom. The van der Waals surface area contributed by atoms with E-state index in [0.29, 0.717) is 18.1 Å². The van der Waals surface area contributed by atoms with Gasteiger partial charge in [0.1, 0.15) is 5.78 Å². The first kappa shape index (κ1) is 12.3. The number of Topliss-reactive ketones (excluding diaryl/α,β-unsaturated/α-hetero) is 1. The van der Waals surface area contributed by atoms with Crippen LogP contribution in [0.2, 0.25) is 0 Å². The molecule has 1 fully saturated rings. The standard InChI is InChI=1S/C16H22O/c1-11-7-12(2)16(13(3)8-11)10-15(17)9-14-5-4-6-14/h7-8,14H,4-6,9-10H2,1-3H3. The zero-order chi connectivity index (χ0) is 12.4. The average Bonchev–Trinajstić information content (AvgIpc) is 2.17. The highest BCUT2D eigenvalue weighted by molar-refractivity contribution is 5.81. The van der Waals surface area contributed by atoms with E-state index >= 15 is 0 Å². The summed E-state index contributed by atoms with van der Waals surface area (Å²) in [4.78, 5) is 12.0. The second-order valence-electron chi connectivity index (χ2n) is 5.59. The smallest absolute Gasteiger partial charge is 0.137 e. The van der Waals surface area contributed by atoms with Crippen molar-refractivity contribution in [2.75, 3.05) is 0 Å². The summed E-state index contributed by atoms with van der Waals surface area (Å²) in [5.41, 5.74) is 5.07. The average molecular weight is 230 g/mol. The second kappa shape index (κ2) is 5.03. The number of hydrogen-bond acceptors (Lipinski definition) is 1. The molecule has 0 spiro atoms. The van der Waals surface area contributed by atoms with Crippen LogP contribution in [-0.2, 0) is 11.2 Å². The van der Waals surface area contributed by atoms with Crippen molar-refractivity contribution in [3.63, 3.8) is 0 Å². The van der Waals surface area contributed by atoms with Gasteiger partial charge in [-0.1, -0.05) is 37.0 Å². The number of carbonyl (C=O) groups excluding carboxylic acids is 1. The molecule has 0 aliphatic heterocycles. The fraction of sp³-hybridized carbons (Fsp3) is 0.562. The van der Waals surface area contributed by atoms with Crippen molar-refractivity contribution in [3.8, 4) is 0 Å². The monoisotopic (exact) mass is 230 g/mol. The van der Waals surface area contributed by atoms with E-state index in [1.54, 1.807) is 0 Å². The third-order valence-electron chi connectivity index (χ3n) is 3.96. The lowest BCUT2D eigenvalue weighted by molar-refractivity contribution is -0.119. The molecule has 1 aliphatic carbocycles. The highest BCUT2D eigenvalue weighted by Gasteiger charge is 2.21. The van der Waals surface area contributed by atoms with Crippen LogP contribution >= 0.6 is 0 Å². The number of rotatable bonds is 4. The molecular weight excluding hydrogens is 208 g/mol. The Morgan fingerprint density at radius 3 is 2.24 bits per heavy atom. The Labute approximate surface area is 104 Å². The van der Waals surface area contributed by atoms with E-state index in [1.807, 2.05) is 0 Å². The lowest BCUT2D eigenvalue weighted by atomic mass is 9.80. The van der Waals surface area contributed by atoms with Crippen molar-refractivity contribution in [1.29, 1.82) is 0 Å². The van der Waals surface area contributed by atoms with Gasteiger partial charge in [0.05, 0.1) is 0 Å².